The van der Waals surface area contributed by atoms with E-state index >= 15 is 0 Å². The molecule has 0 amide bonds. The molecule has 10 aromatic rings. The summed E-state index contributed by atoms with van der Waals surface area (Å²) >= 11 is 0. The van der Waals surface area contributed by atoms with E-state index in [-0.39, 0.29) is 79.1 Å². The van der Waals surface area contributed by atoms with Gasteiger partial charge in [0.1, 0.15) is 31.8 Å². The molecular formula is C76H82O4P3Zn2+3. The van der Waals surface area contributed by atoms with Crippen LogP contribution >= 0.6 is 23.8 Å². The smallest absolute Gasteiger partial charge is 0.870 e. The Labute approximate surface area is 537 Å². The SMILES string of the molecule is Cc1cc([PH+](c2ccccc2)c2ccccc2)c([O-])c(C(C)(C)C)c1.Cc1cc([PH+](c2ccccc2)c2ccccc2)c([O-])c(C(C)(C)C)c1.Cc1cc([PH+](c2ccccc2)c2ccccc2)c([O-])c(C(C)(C)C)c1.[O-]Cc1ccccc1.[Zn+2].[Zn+2]. The van der Waals surface area contributed by atoms with Crippen molar-refractivity contribution in [3.8, 4) is 17.2 Å². The van der Waals surface area contributed by atoms with Crippen LogP contribution in [0.2, 0.25) is 0 Å². The minimum atomic E-state index is -1.32. The van der Waals surface area contributed by atoms with Crippen LogP contribution in [-0.2, 0) is 61.8 Å². The largest absolute Gasteiger partial charge is 2.00 e. The zero-order valence-corrected chi connectivity index (χ0v) is 60.9. The third-order valence-electron chi connectivity index (χ3n) is 14.3. The molecule has 0 aliphatic carbocycles. The van der Waals surface area contributed by atoms with Crippen molar-refractivity contribution in [3.05, 3.63) is 288 Å². The van der Waals surface area contributed by atoms with Crippen LogP contribution in [-0.4, -0.2) is 0 Å². The van der Waals surface area contributed by atoms with Crippen molar-refractivity contribution < 1.29 is 59.4 Å². The van der Waals surface area contributed by atoms with E-state index in [1.165, 1.54) is 31.8 Å². The first-order chi connectivity index (χ1) is 39.6. The average Bonchev–Trinajstić information content (AvgIpc) is 1.85. The Morgan fingerprint density at radius 3 is 0.612 bits per heavy atom. The summed E-state index contributed by atoms with van der Waals surface area (Å²) in [4.78, 5) is 0. The second kappa shape index (κ2) is 32.2. The van der Waals surface area contributed by atoms with Gasteiger partial charge in [0.2, 0.25) is 0 Å². The van der Waals surface area contributed by atoms with Crippen molar-refractivity contribution in [2.75, 3.05) is 0 Å². The third-order valence-corrected chi connectivity index (χ3v) is 22.5. The molecule has 4 nitrogen and oxygen atoms in total. The predicted molar refractivity (Wildman–Crippen MR) is 358 cm³/mol. The molecule has 0 fully saturated rings. The number of rotatable bonds is 10. The van der Waals surface area contributed by atoms with E-state index in [1.807, 2.05) is 66.7 Å². The van der Waals surface area contributed by atoms with Gasteiger partial charge in [-0.2, -0.15) is 0 Å². The van der Waals surface area contributed by atoms with Crippen LogP contribution in [0.5, 0.6) is 17.2 Å². The predicted octanol–water partition coefficient (Wildman–Crippen LogP) is 12.1. The second-order valence-corrected chi connectivity index (χ2v) is 31.6. The van der Waals surface area contributed by atoms with Gasteiger partial charge in [-0.1, -0.05) is 243 Å². The molecule has 0 radical (unpaired) electrons. The van der Waals surface area contributed by atoms with Crippen LogP contribution in [0.25, 0.3) is 0 Å². The maximum Gasteiger partial charge on any atom is 2.00 e. The van der Waals surface area contributed by atoms with Gasteiger partial charge < -0.3 is 20.4 Å². The summed E-state index contributed by atoms with van der Waals surface area (Å²) in [5, 5.41) is 60.7. The summed E-state index contributed by atoms with van der Waals surface area (Å²) in [7, 11) is -3.97. The molecule has 0 saturated heterocycles. The third kappa shape index (κ3) is 19.0. The number of hydrogen-bond acceptors (Lipinski definition) is 4. The van der Waals surface area contributed by atoms with Crippen molar-refractivity contribution in [1.29, 1.82) is 0 Å². The standard InChI is InChI=1S/3C23H25OP.C7H7O.2Zn/c3*1-17-15-20(23(2,3)4)22(24)21(16-17)25(18-11-7-5-8-12-18)19-13-9-6-10-14-19;8-6-7-4-2-1-3-5-7;;/h3*5-16,24H,1-4H3;1-5H,6H2;;/q;;;-1;2*+2. The van der Waals surface area contributed by atoms with Gasteiger partial charge in [0.15, 0.2) is 0 Å². The molecule has 0 unspecified atom stereocenters. The first-order valence-corrected chi connectivity index (χ1v) is 33.1. The quantitative estimate of drug-likeness (QED) is 0.101. The van der Waals surface area contributed by atoms with Crippen LogP contribution in [0.3, 0.4) is 0 Å². The zero-order chi connectivity index (χ0) is 59.9. The summed E-state index contributed by atoms with van der Waals surface area (Å²) in [6.45, 7) is 25.2. The molecule has 9 heteroatoms. The number of aryl methyl sites for hydroxylation is 3. The topological polar surface area (TPSA) is 92.2 Å². The molecule has 0 bridgehead atoms. The van der Waals surface area contributed by atoms with Crippen molar-refractivity contribution >= 4 is 71.5 Å². The maximum atomic E-state index is 13.4. The fraction of sp³-hybridized carbons (Fsp3) is 0.211. The Hall–Kier alpha value is -5.90. The van der Waals surface area contributed by atoms with Gasteiger partial charge in [-0.25, -0.2) is 0 Å². The first-order valence-electron chi connectivity index (χ1n) is 28.6. The molecule has 0 aliphatic heterocycles. The van der Waals surface area contributed by atoms with Crippen molar-refractivity contribution in [2.45, 2.75) is 106 Å². The summed E-state index contributed by atoms with van der Waals surface area (Å²) < 4.78 is 0. The molecule has 10 rings (SSSR count). The van der Waals surface area contributed by atoms with Gasteiger partial charge in [-0.15, -0.1) is 6.61 Å². The summed E-state index contributed by atoms with van der Waals surface area (Å²) in [6.07, 6.45) is 0. The Balaban J connectivity index is 0.000000216. The monoisotopic (exact) mass is 1280 g/mol. The van der Waals surface area contributed by atoms with Crippen LogP contribution in [0.4, 0.5) is 0 Å². The van der Waals surface area contributed by atoms with Crippen molar-refractivity contribution in [3.63, 3.8) is 0 Å². The normalized spacial score (nSPS) is 11.2. The molecule has 0 N–H and O–H groups in total. The van der Waals surface area contributed by atoms with Gasteiger partial charge in [0.05, 0.1) is 39.7 Å². The van der Waals surface area contributed by atoms with Gasteiger partial charge in [-0.3, -0.25) is 0 Å². The van der Waals surface area contributed by atoms with E-state index in [1.54, 1.807) is 0 Å². The fourth-order valence-corrected chi connectivity index (χ4v) is 18.4. The van der Waals surface area contributed by atoms with E-state index in [2.05, 4.69) is 265 Å². The van der Waals surface area contributed by atoms with Gasteiger partial charge >= 0.3 is 39.0 Å². The molecule has 0 spiro atoms. The Kier molecular flexibility index (Phi) is 26.5. The molecule has 0 heterocycles. The molecule has 0 aromatic heterocycles. The minimum absolute atomic E-state index is 0. The average molecular weight is 1280 g/mol. The van der Waals surface area contributed by atoms with E-state index in [4.69, 9.17) is 0 Å². The molecule has 0 saturated carbocycles. The summed E-state index contributed by atoms with van der Waals surface area (Å²) in [6, 6.07) is 84.5. The molecular weight excluding hydrogens is 1200 g/mol. The van der Waals surface area contributed by atoms with Crippen molar-refractivity contribution in [1.82, 2.24) is 0 Å². The first kappa shape index (κ1) is 69.9. The number of hydrogen-bond donors (Lipinski definition) is 0. The van der Waals surface area contributed by atoms with Gasteiger partial charge in [-0.05, 0) is 161 Å². The maximum absolute atomic E-state index is 13.4. The van der Waals surface area contributed by atoms with E-state index in [0.717, 1.165) is 54.9 Å². The zero-order valence-electron chi connectivity index (χ0n) is 51.9. The molecule has 85 heavy (non-hydrogen) atoms. The van der Waals surface area contributed by atoms with Crippen LogP contribution in [0.15, 0.2) is 249 Å². The molecule has 10 aromatic carbocycles. The Morgan fingerprint density at radius 1 is 0.282 bits per heavy atom. The second-order valence-electron chi connectivity index (χ2n) is 24.3. The molecule has 426 valence electrons. The van der Waals surface area contributed by atoms with E-state index < -0.39 is 23.8 Å². The van der Waals surface area contributed by atoms with Crippen molar-refractivity contribution in [2.24, 2.45) is 0 Å². The summed E-state index contributed by atoms with van der Waals surface area (Å²) in [5.74, 6) is 0.624. The van der Waals surface area contributed by atoms with Crippen LogP contribution in [0, 0.1) is 20.8 Å². The Bertz CT molecular complexity index is 3140. The van der Waals surface area contributed by atoms with Gasteiger partial charge in [0, 0.05) is 0 Å². The fourth-order valence-electron chi connectivity index (χ4n) is 10.2. The van der Waals surface area contributed by atoms with E-state index in [0.29, 0.717) is 0 Å². The van der Waals surface area contributed by atoms with Crippen LogP contribution in [0.1, 0.15) is 101 Å². The Morgan fingerprint density at radius 2 is 0.459 bits per heavy atom. The molecule has 0 aliphatic rings. The van der Waals surface area contributed by atoms with E-state index in [9.17, 15) is 20.4 Å². The number of benzene rings is 10. The minimum Gasteiger partial charge on any atom is -0.870 e. The van der Waals surface area contributed by atoms with Gasteiger partial charge in [0.25, 0.3) is 0 Å². The van der Waals surface area contributed by atoms with Crippen LogP contribution < -0.4 is 68.2 Å². The summed E-state index contributed by atoms with van der Waals surface area (Å²) in [5.41, 5.74) is 6.61. The molecule has 0 atom stereocenters.